The third-order valence-electron chi connectivity index (χ3n) is 2.19. The van der Waals surface area contributed by atoms with E-state index >= 15 is 0 Å². The van der Waals surface area contributed by atoms with Crippen molar-refractivity contribution in [1.29, 1.82) is 0 Å². The summed E-state index contributed by atoms with van der Waals surface area (Å²) in [7, 11) is 0.702. The molecule has 0 aliphatic heterocycles. The lowest BCUT2D eigenvalue weighted by Crippen LogP contribution is -2.33. The van der Waals surface area contributed by atoms with E-state index in [9.17, 15) is 0 Å². The van der Waals surface area contributed by atoms with Crippen molar-refractivity contribution in [2.75, 3.05) is 45.7 Å². The Balaban J connectivity index is 0. The predicted molar refractivity (Wildman–Crippen MR) is 80.7 cm³/mol. The molecule has 0 saturated carbocycles. The van der Waals surface area contributed by atoms with Crippen LogP contribution in [0.4, 0.5) is 0 Å². The van der Waals surface area contributed by atoms with Crippen LogP contribution in [0.5, 0.6) is 0 Å². The molecule has 0 aromatic rings. The number of aliphatic hydroxyl groups is 6. The first-order valence-electron chi connectivity index (χ1n) is 5.69. The fraction of sp³-hybridized carbons (Fsp3) is 1.00. The van der Waals surface area contributed by atoms with Crippen molar-refractivity contribution < 1.29 is 35.4 Å². The highest BCUT2D eigenvalue weighted by Gasteiger charge is 2.19. The highest BCUT2D eigenvalue weighted by Crippen LogP contribution is 2.24. The maximum absolute atomic E-state index is 8.77. The molecular weight excluding hydrogens is 332 g/mol. The average Bonchev–Trinajstić information content (AvgIpc) is 2.21. The summed E-state index contributed by atoms with van der Waals surface area (Å²) in [6, 6.07) is 0. The lowest BCUT2D eigenvalue weighted by molar-refractivity contribution is -0.238. The first-order valence-corrected chi connectivity index (χ1v) is 8.11. The molecule has 2 atom stereocenters. The van der Waals surface area contributed by atoms with Gasteiger partial charge in [-0.05, 0) is 29.5 Å². The van der Waals surface area contributed by atoms with E-state index in [-0.39, 0.29) is 12.4 Å². The first-order chi connectivity index (χ1) is 8.64. The zero-order valence-electron chi connectivity index (χ0n) is 11.2. The van der Waals surface area contributed by atoms with Gasteiger partial charge in [0.2, 0.25) is 0 Å². The van der Waals surface area contributed by atoms with Crippen molar-refractivity contribution in [1.82, 2.24) is 4.90 Å². The molecule has 0 fully saturated rings. The fourth-order valence-corrected chi connectivity index (χ4v) is 2.85. The normalized spacial score (nSPS) is 13.8. The Morgan fingerprint density at radius 1 is 0.850 bits per heavy atom. The summed E-state index contributed by atoms with van der Waals surface area (Å²) in [4.78, 5) is 1.92. The van der Waals surface area contributed by atoms with Crippen molar-refractivity contribution in [2.24, 2.45) is 0 Å². The van der Waals surface area contributed by atoms with Gasteiger partial charge in [0, 0.05) is 26.7 Å². The lowest BCUT2D eigenvalue weighted by atomic mass is 10.5. The number of halogens is 1. The van der Waals surface area contributed by atoms with Crippen LogP contribution in [0, 0.1) is 0 Å². The topological polar surface area (TPSA) is 134 Å². The fourth-order valence-electron chi connectivity index (χ4n) is 1.32. The van der Waals surface area contributed by atoms with Gasteiger partial charge in [-0.2, -0.15) is 0 Å². The number of hydrogen-bond donors (Lipinski definition) is 6. The molecule has 0 rings (SSSR count). The minimum Gasteiger partial charge on any atom is -0.383 e. The van der Waals surface area contributed by atoms with E-state index in [1.54, 1.807) is 7.11 Å². The maximum atomic E-state index is 8.77. The summed E-state index contributed by atoms with van der Waals surface area (Å²) >= 11 is 0. The highest BCUT2D eigenvalue weighted by molar-refractivity contribution is 7.39. The Bertz CT molecular complexity index is 217. The zero-order chi connectivity index (χ0) is 14.9. The van der Waals surface area contributed by atoms with E-state index in [2.05, 4.69) is 0 Å². The van der Waals surface area contributed by atoms with E-state index in [1.165, 1.54) is 0 Å². The second-order valence-corrected chi connectivity index (χ2v) is 7.01. The van der Waals surface area contributed by atoms with Crippen molar-refractivity contribution in [2.45, 2.75) is 11.4 Å². The quantitative estimate of drug-likeness (QED) is 0.183. The highest BCUT2D eigenvalue weighted by atomic mass is 35.5. The maximum Gasteiger partial charge on any atom is 0.290 e. The molecule has 11 heteroatoms. The number of nitrogens with zero attached hydrogens (tertiary/aromatic N) is 1. The molecule has 0 amide bonds. The average molecular weight is 356 g/mol. The minimum absolute atomic E-state index is 0. The molecule has 2 unspecified atom stereocenters. The number of ether oxygens (including phenoxy) is 1. The molecule has 6 N–H and O–H groups in total. The molecule has 8 nitrogen and oxygen atoms in total. The molecule has 0 aliphatic carbocycles. The molecule has 124 valence electrons. The molecular formula is C9H24ClNO7P2. The van der Waals surface area contributed by atoms with Crippen LogP contribution in [-0.2, 0) is 4.74 Å². The van der Waals surface area contributed by atoms with Gasteiger partial charge in [-0.15, -0.1) is 12.4 Å². The first kappa shape index (κ1) is 23.1. The van der Waals surface area contributed by atoms with E-state index in [0.717, 1.165) is 0 Å². The molecule has 20 heavy (non-hydrogen) atoms. The van der Waals surface area contributed by atoms with E-state index in [4.69, 9.17) is 35.4 Å². The standard InChI is InChI=1S/C9H23NO7P2.ClH/c1-17-5-2-10(3-6-18-8(11,12)13)4-7-19-9(14,15)16;/h11-16,18-19H,2-7H2,1H3;1H. The molecule has 0 saturated heterocycles. The van der Waals surface area contributed by atoms with Gasteiger partial charge in [0.25, 0.3) is 11.4 Å². The van der Waals surface area contributed by atoms with Crippen molar-refractivity contribution in [3.63, 3.8) is 0 Å². The van der Waals surface area contributed by atoms with Gasteiger partial charge in [0.15, 0.2) is 0 Å². The van der Waals surface area contributed by atoms with Crippen LogP contribution in [0.25, 0.3) is 0 Å². The molecule has 0 aliphatic rings. The molecule has 0 aromatic heterocycles. The Morgan fingerprint density at radius 2 is 1.25 bits per heavy atom. The Hall–Kier alpha value is 0.830. The summed E-state index contributed by atoms with van der Waals surface area (Å²) in [5, 5.41) is 52.6. The van der Waals surface area contributed by atoms with Gasteiger partial charge in [0.05, 0.1) is 6.61 Å². The third-order valence-corrected chi connectivity index (χ3v) is 4.09. The number of hydrogen-bond acceptors (Lipinski definition) is 8. The predicted octanol–water partition coefficient (Wildman–Crippen LogP) is -2.11. The van der Waals surface area contributed by atoms with Gasteiger partial charge in [-0.3, -0.25) is 0 Å². The summed E-state index contributed by atoms with van der Waals surface area (Å²) in [6.45, 7) is 2.09. The van der Waals surface area contributed by atoms with Crippen LogP contribution in [0.3, 0.4) is 0 Å². The second-order valence-electron chi connectivity index (χ2n) is 3.96. The molecule has 0 aromatic carbocycles. The van der Waals surface area contributed by atoms with Crippen LogP contribution in [0.15, 0.2) is 0 Å². The molecule has 0 heterocycles. The molecule has 0 bridgehead atoms. The summed E-state index contributed by atoms with van der Waals surface area (Å²) in [5.41, 5.74) is -5.27. The SMILES string of the molecule is COCCN(CCPC(O)(O)O)CCPC(O)(O)O.Cl. The van der Waals surface area contributed by atoms with Gasteiger partial charge in [-0.1, -0.05) is 0 Å². The Morgan fingerprint density at radius 3 is 1.55 bits per heavy atom. The number of rotatable bonds is 11. The van der Waals surface area contributed by atoms with E-state index < -0.39 is 28.6 Å². The van der Waals surface area contributed by atoms with Crippen LogP contribution < -0.4 is 0 Å². The van der Waals surface area contributed by atoms with Gasteiger partial charge < -0.3 is 40.3 Å². The summed E-state index contributed by atoms with van der Waals surface area (Å²) in [5.74, 6) is 0. The van der Waals surface area contributed by atoms with Gasteiger partial charge in [0.1, 0.15) is 0 Å². The molecule has 0 spiro atoms. The molecule has 0 radical (unpaired) electrons. The van der Waals surface area contributed by atoms with Crippen LogP contribution >= 0.6 is 29.6 Å². The van der Waals surface area contributed by atoms with Crippen LogP contribution in [0.2, 0.25) is 0 Å². The zero-order valence-corrected chi connectivity index (χ0v) is 14.0. The van der Waals surface area contributed by atoms with Crippen LogP contribution in [0.1, 0.15) is 0 Å². The van der Waals surface area contributed by atoms with Crippen molar-refractivity contribution in [3.8, 4) is 0 Å². The number of methoxy groups -OCH3 is 1. The lowest BCUT2D eigenvalue weighted by Gasteiger charge is -2.24. The van der Waals surface area contributed by atoms with E-state index in [0.29, 0.717) is 38.6 Å². The Kier molecular flexibility index (Phi) is 13.2. The Labute approximate surface area is 127 Å². The third kappa shape index (κ3) is 16.9. The monoisotopic (exact) mass is 355 g/mol. The largest absolute Gasteiger partial charge is 0.383 e. The van der Waals surface area contributed by atoms with Gasteiger partial charge >= 0.3 is 0 Å². The second kappa shape index (κ2) is 11.4. The van der Waals surface area contributed by atoms with Crippen molar-refractivity contribution >= 4 is 29.6 Å². The summed E-state index contributed by atoms with van der Waals surface area (Å²) < 4.78 is 4.93. The van der Waals surface area contributed by atoms with Gasteiger partial charge in [-0.25, -0.2) is 0 Å². The van der Waals surface area contributed by atoms with E-state index in [1.807, 2.05) is 4.90 Å². The van der Waals surface area contributed by atoms with Crippen molar-refractivity contribution in [3.05, 3.63) is 0 Å². The smallest absolute Gasteiger partial charge is 0.290 e. The van der Waals surface area contributed by atoms with Crippen LogP contribution in [-0.4, -0.2) is 92.6 Å². The minimum atomic E-state index is -2.63. The summed E-state index contributed by atoms with van der Waals surface area (Å²) in [6.07, 6.45) is 0.775.